The number of ether oxygens (including phenoxy) is 1. The van der Waals surface area contributed by atoms with Crippen molar-refractivity contribution in [2.45, 2.75) is 64.6 Å². The summed E-state index contributed by atoms with van der Waals surface area (Å²) in [5.41, 5.74) is 0. The molecule has 0 aromatic carbocycles. The molecule has 3 nitrogen and oxygen atoms in total. The van der Waals surface area contributed by atoms with E-state index in [9.17, 15) is 0 Å². The lowest BCUT2D eigenvalue weighted by atomic mass is 9.98. The Labute approximate surface area is 107 Å². The van der Waals surface area contributed by atoms with Crippen LogP contribution in [0.4, 0.5) is 0 Å². The van der Waals surface area contributed by atoms with Gasteiger partial charge >= 0.3 is 0 Å². The summed E-state index contributed by atoms with van der Waals surface area (Å²) >= 11 is 0. The minimum atomic E-state index is 0.442. The third-order valence-electron chi connectivity index (χ3n) is 3.95. The Morgan fingerprint density at radius 1 is 1.35 bits per heavy atom. The largest absolute Gasteiger partial charge is 0.376 e. The highest BCUT2D eigenvalue weighted by Crippen LogP contribution is 2.18. The van der Waals surface area contributed by atoms with Gasteiger partial charge < -0.3 is 10.1 Å². The number of nitrogens with one attached hydrogen (secondary N) is 1. The Bertz CT molecular complexity index is 199. The van der Waals surface area contributed by atoms with Gasteiger partial charge in [-0.1, -0.05) is 27.2 Å². The van der Waals surface area contributed by atoms with Crippen LogP contribution >= 0.6 is 0 Å². The van der Waals surface area contributed by atoms with E-state index in [1.54, 1.807) is 0 Å². The van der Waals surface area contributed by atoms with Crippen LogP contribution in [0.5, 0.6) is 0 Å². The second-order valence-electron chi connectivity index (χ2n) is 5.06. The van der Waals surface area contributed by atoms with Crippen LogP contribution in [0.25, 0.3) is 0 Å². The normalized spacial score (nSPS) is 25.8. The second-order valence-corrected chi connectivity index (χ2v) is 5.06. The lowest BCUT2D eigenvalue weighted by Crippen LogP contribution is -2.54. The standard InChI is InChI=1S/C14H30N2O/c1-5-8-13(15-4)14(7-3)16-9-10-17-12(6-2)11-16/h12-15H,5-11H2,1-4H3. The number of hydrogen-bond donors (Lipinski definition) is 1. The van der Waals surface area contributed by atoms with Crippen LogP contribution in [0, 0.1) is 0 Å². The molecule has 102 valence electrons. The summed E-state index contributed by atoms with van der Waals surface area (Å²) in [6.45, 7) is 9.90. The molecule has 1 rings (SSSR count). The molecule has 1 N–H and O–H groups in total. The van der Waals surface area contributed by atoms with Crippen LogP contribution in [0.3, 0.4) is 0 Å². The molecule has 0 aliphatic carbocycles. The van der Waals surface area contributed by atoms with Crippen molar-refractivity contribution in [2.75, 3.05) is 26.7 Å². The SMILES string of the molecule is CCCC(NC)C(CC)N1CCOC(CC)C1. The molecule has 0 aromatic heterocycles. The third kappa shape index (κ3) is 4.23. The van der Waals surface area contributed by atoms with E-state index in [2.05, 4.69) is 38.0 Å². The van der Waals surface area contributed by atoms with E-state index >= 15 is 0 Å². The van der Waals surface area contributed by atoms with Gasteiger partial charge in [0.1, 0.15) is 0 Å². The number of morpholine rings is 1. The van der Waals surface area contributed by atoms with Gasteiger partial charge in [-0.3, -0.25) is 4.90 Å². The Kier molecular flexibility index (Phi) is 7.09. The Morgan fingerprint density at radius 2 is 2.12 bits per heavy atom. The fraction of sp³-hybridized carbons (Fsp3) is 1.00. The molecule has 0 bridgehead atoms. The first-order chi connectivity index (χ1) is 8.26. The molecule has 0 saturated carbocycles. The molecule has 1 aliphatic heterocycles. The number of likely N-dealkylation sites (N-methyl/N-ethyl adjacent to an activating group) is 1. The summed E-state index contributed by atoms with van der Waals surface area (Å²) in [5.74, 6) is 0. The van der Waals surface area contributed by atoms with Crippen molar-refractivity contribution in [2.24, 2.45) is 0 Å². The molecule has 3 atom stereocenters. The van der Waals surface area contributed by atoms with Gasteiger partial charge in [0.2, 0.25) is 0 Å². The van der Waals surface area contributed by atoms with Gasteiger partial charge in [0.25, 0.3) is 0 Å². The van der Waals surface area contributed by atoms with Gasteiger partial charge in [-0.2, -0.15) is 0 Å². The third-order valence-corrected chi connectivity index (χ3v) is 3.95. The van der Waals surface area contributed by atoms with E-state index in [4.69, 9.17) is 4.74 Å². The summed E-state index contributed by atoms with van der Waals surface area (Å²) in [6, 6.07) is 1.29. The maximum absolute atomic E-state index is 5.76. The van der Waals surface area contributed by atoms with E-state index in [0.717, 1.165) is 26.1 Å². The predicted octanol–water partition coefficient (Wildman–Crippen LogP) is 2.26. The summed E-state index contributed by atoms with van der Waals surface area (Å²) in [4.78, 5) is 2.63. The highest BCUT2D eigenvalue weighted by Gasteiger charge is 2.28. The first kappa shape index (κ1) is 14.9. The van der Waals surface area contributed by atoms with Crippen LogP contribution in [0.2, 0.25) is 0 Å². The van der Waals surface area contributed by atoms with Crippen LogP contribution < -0.4 is 5.32 Å². The van der Waals surface area contributed by atoms with Gasteiger partial charge in [0.15, 0.2) is 0 Å². The van der Waals surface area contributed by atoms with Crippen molar-refractivity contribution in [3.05, 3.63) is 0 Å². The van der Waals surface area contributed by atoms with Gasteiger partial charge in [0, 0.05) is 25.2 Å². The quantitative estimate of drug-likeness (QED) is 0.741. The fourth-order valence-corrected chi connectivity index (χ4v) is 2.93. The smallest absolute Gasteiger partial charge is 0.0700 e. The van der Waals surface area contributed by atoms with Crippen LogP contribution in [-0.4, -0.2) is 49.8 Å². The number of nitrogens with zero attached hydrogens (tertiary/aromatic N) is 1. The van der Waals surface area contributed by atoms with E-state index in [0.29, 0.717) is 18.2 Å². The molecule has 1 saturated heterocycles. The van der Waals surface area contributed by atoms with Gasteiger partial charge in [-0.05, 0) is 26.3 Å². The number of rotatable bonds is 7. The molecular weight excluding hydrogens is 212 g/mol. The minimum Gasteiger partial charge on any atom is -0.376 e. The summed E-state index contributed by atoms with van der Waals surface area (Å²) in [7, 11) is 2.10. The van der Waals surface area contributed by atoms with Crippen molar-refractivity contribution in [1.82, 2.24) is 10.2 Å². The van der Waals surface area contributed by atoms with Gasteiger partial charge in [-0.15, -0.1) is 0 Å². The highest BCUT2D eigenvalue weighted by atomic mass is 16.5. The molecule has 3 heteroatoms. The molecule has 0 radical (unpaired) electrons. The van der Waals surface area contributed by atoms with E-state index in [1.165, 1.54) is 19.3 Å². The molecule has 0 spiro atoms. The average Bonchev–Trinajstić information content (AvgIpc) is 2.38. The van der Waals surface area contributed by atoms with Crippen molar-refractivity contribution >= 4 is 0 Å². The molecule has 1 aliphatic rings. The van der Waals surface area contributed by atoms with Crippen LogP contribution in [0.1, 0.15) is 46.5 Å². The predicted molar refractivity (Wildman–Crippen MR) is 73.4 cm³/mol. The minimum absolute atomic E-state index is 0.442. The topological polar surface area (TPSA) is 24.5 Å². The maximum atomic E-state index is 5.76. The lowest BCUT2D eigenvalue weighted by molar-refractivity contribution is -0.0502. The molecule has 1 fully saturated rings. The van der Waals surface area contributed by atoms with Gasteiger partial charge in [-0.25, -0.2) is 0 Å². The van der Waals surface area contributed by atoms with Crippen LogP contribution in [0.15, 0.2) is 0 Å². The zero-order valence-corrected chi connectivity index (χ0v) is 12.0. The zero-order valence-electron chi connectivity index (χ0n) is 12.0. The van der Waals surface area contributed by atoms with Crippen molar-refractivity contribution in [3.8, 4) is 0 Å². The van der Waals surface area contributed by atoms with Crippen LogP contribution in [-0.2, 0) is 4.74 Å². The van der Waals surface area contributed by atoms with Crippen molar-refractivity contribution < 1.29 is 4.74 Å². The molecule has 3 unspecified atom stereocenters. The Morgan fingerprint density at radius 3 is 2.65 bits per heavy atom. The molecule has 0 aromatic rings. The zero-order chi connectivity index (χ0) is 12.7. The van der Waals surface area contributed by atoms with E-state index in [1.807, 2.05) is 0 Å². The lowest BCUT2D eigenvalue weighted by Gasteiger charge is -2.41. The Hall–Kier alpha value is -0.120. The van der Waals surface area contributed by atoms with Crippen molar-refractivity contribution in [3.63, 3.8) is 0 Å². The maximum Gasteiger partial charge on any atom is 0.0700 e. The van der Waals surface area contributed by atoms with Crippen molar-refractivity contribution in [1.29, 1.82) is 0 Å². The first-order valence-electron chi connectivity index (χ1n) is 7.29. The summed E-state index contributed by atoms with van der Waals surface area (Å²) < 4.78 is 5.76. The summed E-state index contributed by atoms with van der Waals surface area (Å²) in [6.07, 6.45) is 5.32. The molecule has 17 heavy (non-hydrogen) atoms. The molecule has 1 heterocycles. The first-order valence-corrected chi connectivity index (χ1v) is 7.29. The van der Waals surface area contributed by atoms with E-state index in [-0.39, 0.29) is 0 Å². The van der Waals surface area contributed by atoms with Gasteiger partial charge in [0.05, 0.1) is 12.7 Å². The summed E-state index contributed by atoms with van der Waals surface area (Å²) in [5, 5.41) is 3.50. The fourth-order valence-electron chi connectivity index (χ4n) is 2.93. The van der Waals surface area contributed by atoms with E-state index < -0.39 is 0 Å². The monoisotopic (exact) mass is 242 g/mol. The molecular formula is C14H30N2O. The molecule has 0 amide bonds. The average molecular weight is 242 g/mol. The highest BCUT2D eigenvalue weighted by molar-refractivity contribution is 4.85. The Balaban J connectivity index is 2.58. The number of hydrogen-bond acceptors (Lipinski definition) is 3. The second kappa shape index (κ2) is 8.06.